The number of anilines is 1. The van der Waals surface area contributed by atoms with Gasteiger partial charge in [-0.05, 0) is 37.1 Å². The van der Waals surface area contributed by atoms with E-state index in [1.165, 1.54) is 10.9 Å². The van der Waals surface area contributed by atoms with E-state index >= 15 is 0 Å². The zero-order valence-corrected chi connectivity index (χ0v) is 12.6. The van der Waals surface area contributed by atoms with Gasteiger partial charge in [0, 0.05) is 4.88 Å². The number of halogens is 1. The SMILES string of the molecule is CCc1cc2c(NN)nc(-c3ccc(C)cc3F)nc2s1. The maximum Gasteiger partial charge on any atom is 0.166 e. The Bertz CT molecular complexity index is 813. The van der Waals surface area contributed by atoms with Crippen molar-refractivity contribution in [1.29, 1.82) is 0 Å². The maximum absolute atomic E-state index is 14.1. The standard InChI is InChI=1S/C15H15FN4S/c1-3-9-7-11-14(20-17)18-13(19-15(11)21-9)10-5-4-8(2)6-12(10)16/h4-7H,3,17H2,1-2H3,(H,18,19,20). The predicted molar refractivity (Wildman–Crippen MR) is 84.7 cm³/mol. The lowest BCUT2D eigenvalue weighted by atomic mass is 10.1. The lowest BCUT2D eigenvalue weighted by Gasteiger charge is -2.06. The minimum Gasteiger partial charge on any atom is -0.308 e. The van der Waals surface area contributed by atoms with Gasteiger partial charge in [-0.15, -0.1) is 11.3 Å². The molecule has 0 aliphatic carbocycles. The molecule has 4 nitrogen and oxygen atoms in total. The second-order valence-electron chi connectivity index (χ2n) is 4.81. The summed E-state index contributed by atoms with van der Waals surface area (Å²) in [4.78, 5) is 10.8. The second-order valence-corrected chi connectivity index (χ2v) is 5.92. The number of fused-ring (bicyclic) bond motifs is 1. The van der Waals surface area contributed by atoms with Crippen LogP contribution in [-0.4, -0.2) is 9.97 Å². The highest BCUT2D eigenvalue weighted by molar-refractivity contribution is 7.18. The normalized spacial score (nSPS) is 11.0. The van der Waals surface area contributed by atoms with Gasteiger partial charge in [0.1, 0.15) is 10.6 Å². The highest BCUT2D eigenvalue weighted by Gasteiger charge is 2.14. The molecule has 0 unspecified atom stereocenters. The van der Waals surface area contributed by atoms with Crippen LogP contribution in [0.3, 0.4) is 0 Å². The smallest absolute Gasteiger partial charge is 0.166 e. The van der Waals surface area contributed by atoms with Crippen LogP contribution in [0.15, 0.2) is 24.3 Å². The highest BCUT2D eigenvalue weighted by atomic mass is 32.1. The Hall–Kier alpha value is -2.05. The Morgan fingerprint density at radius 1 is 1.29 bits per heavy atom. The number of rotatable bonds is 3. The molecule has 0 aliphatic rings. The largest absolute Gasteiger partial charge is 0.308 e. The first-order chi connectivity index (χ1) is 10.1. The first kappa shape index (κ1) is 13.9. The number of aryl methyl sites for hydroxylation is 2. The van der Waals surface area contributed by atoms with Crippen LogP contribution in [-0.2, 0) is 6.42 Å². The molecule has 108 valence electrons. The quantitative estimate of drug-likeness (QED) is 0.572. The number of thiophene rings is 1. The van der Waals surface area contributed by atoms with Gasteiger partial charge in [-0.1, -0.05) is 13.0 Å². The van der Waals surface area contributed by atoms with Crippen LogP contribution >= 0.6 is 11.3 Å². The molecule has 0 atom stereocenters. The highest BCUT2D eigenvalue weighted by Crippen LogP contribution is 2.32. The topological polar surface area (TPSA) is 63.8 Å². The summed E-state index contributed by atoms with van der Waals surface area (Å²) in [5.74, 6) is 6.08. The van der Waals surface area contributed by atoms with E-state index in [0.717, 1.165) is 22.2 Å². The molecule has 2 heterocycles. The summed E-state index contributed by atoms with van der Waals surface area (Å²) in [6.45, 7) is 3.92. The van der Waals surface area contributed by atoms with E-state index in [9.17, 15) is 4.39 Å². The molecule has 3 N–H and O–H groups in total. The summed E-state index contributed by atoms with van der Waals surface area (Å²) in [7, 11) is 0. The summed E-state index contributed by atoms with van der Waals surface area (Å²) in [6, 6.07) is 7.03. The summed E-state index contributed by atoms with van der Waals surface area (Å²) >= 11 is 1.58. The van der Waals surface area contributed by atoms with Gasteiger partial charge in [-0.25, -0.2) is 20.2 Å². The number of benzene rings is 1. The monoisotopic (exact) mass is 302 g/mol. The van der Waals surface area contributed by atoms with E-state index in [1.807, 2.05) is 19.1 Å². The average molecular weight is 302 g/mol. The van der Waals surface area contributed by atoms with Crippen LogP contribution in [0.2, 0.25) is 0 Å². The Morgan fingerprint density at radius 2 is 2.10 bits per heavy atom. The van der Waals surface area contributed by atoms with Gasteiger partial charge in [0.25, 0.3) is 0 Å². The summed E-state index contributed by atoms with van der Waals surface area (Å²) in [5, 5.41) is 0.871. The third kappa shape index (κ3) is 2.48. The molecule has 0 saturated carbocycles. The number of nitrogens with one attached hydrogen (secondary N) is 1. The van der Waals surface area contributed by atoms with Crippen molar-refractivity contribution in [1.82, 2.24) is 9.97 Å². The third-order valence-corrected chi connectivity index (χ3v) is 4.47. The number of hydrogen-bond acceptors (Lipinski definition) is 5. The fraction of sp³-hybridized carbons (Fsp3) is 0.200. The molecule has 6 heteroatoms. The average Bonchev–Trinajstić information content (AvgIpc) is 2.89. The lowest BCUT2D eigenvalue weighted by Crippen LogP contribution is -2.10. The molecule has 0 bridgehead atoms. The molecule has 21 heavy (non-hydrogen) atoms. The molecule has 3 aromatic rings. The number of nitrogens with zero attached hydrogens (tertiary/aromatic N) is 2. The van der Waals surface area contributed by atoms with Gasteiger partial charge in [0.05, 0.1) is 10.9 Å². The predicted octanol–water partition coefficient (Wildman–Crippen LogP) is 3.65. The van der Waals surface area contributed by atoms with Crippen molar-refractivity contribution in [2.24, 2.45) is 5.84 Å². The number of aromatic nitrogens is 2. The molecule has 0 saturated heterocycles. The second kappa shape index (κ2) is 5.38. The zero-order chi connectivity index (χ0) is 15.0. The van der Waals surface area contributed by atoms with Gasteiger partial charge in [0.2, 0.25) is 0 Å². The number of nitrogens with two attached hydrogens (primary N) is 1. The Labute approximate surface area is 125 Å². The van der Waals surface area contributed by atoms with Gasteiger partial charge in [-0.3, -0.25) is 0 Å². The van der Waals surface area contributed by atoms with E-state index < -0.39 is 0 Å². The minimum atomic E-state index is -0.329. The van der Waals surface area contributed by atoms with Crippen molar-refractivity contribution in [3.05, 3.63) is 40.5 Å². The summed E-state index contributed by atoms with van der Waals surface area (Å²) in [5.41, 5.74) is 3.82. The molecule has 0 radical (unpaired) electrons. The van der Waals surface area contributed by atoms with Crippen molar-refractivity contribution < 1.29 is 4.39 Å². The Balaban J connectivity index is 2.23. The molecule has 0 amide bonds. The number of hydrogen-bond donors (Lipinski definition) is 2. The Morgan fingerprint density at radius 3 is 2.76 bits per heavy atom. The van der Waals surface area contributed by atoms with Crippen molar-refractivity contribution in [2.45, 2.75) is 20.3 Å². The maximum atomic E-state index is 14.1. The van der Waals surface area contributed by atoms with E-state index in [0.29, 0.717) is 17.2 Å². The molecular formula is C15H15FN4S. The summed E-state index contributed by atoms with van der Waals surface area (Å²) in [6.07, 6.45) is 0.916. The first-order valence-corrected chi connectivity index (χ1v) is 7.47. The lowest BCUT2D eigenvalue weighted by molar-refractivity contribution is 0.629. The fourth-order valence-electron chi connectivity index (χ4n) is 2.18. The van der Waals surface area contributed by atoms with Crippen molar-refractivity contribution in [3.8, 4) is 11.4 Å². The van der Waals surface area contributed by atoms with E-state index in [-0.39, 0.29) is 5.82 Å². The van der Waals surface area contributed by atoms with Crippen LogP contribution in [0, 0.1) is 12.7 Å². The molecule has 0 spiro atoms. The first-order valence-electron chi connectivity index (χ1n) is 6.66. The fourth-order valence-corrected chi connectivity index (χ4v) is 3.14. The van der Waals surface area contributed by atoms with Crippen LogP contribution in [0.1, 0.15) is 17.4 Å². The van der Waals surface area contributed by atoms with Crippen molar-refractivity contribution in [3.63, 3.8) is 0 Å². The van der Waals surface area contributed by atoms with E-state index in [2.05, 4.69) is 22.3 Å². The van der Waals surface area contributed by atoms with Crippen LogP contribution in [0.4, 0.5) is 10.2 Å². The van der Waals surface area contributed by atoms with Crippen LogP contribution in [0.25, 0.3) is 21.6 Å². The van der Waals surface area contributed by atoms with E-state index in [4.69, 9.17) is 5.84 Å². The van der Waals surface area contributed by atoms with Gasteiger partial charge < -0.3 is 5.43 Å². The molecule has 3 rings (SSSR count). The number of hydrazine groups is 1. The summed E-state index contributed by atoms with van der Waals surface area (Å²) < 4.78 is 14.1. The van der Waals surface area contributed by atoms with Crippen molar-refractivity contribution >= 4 is 27.4 Å². The van der Waals surface area contributed by atoms with Gasteiger partial charge in [0.15, 0.2) is 11.6 Å². The molecule has 0 fully saturated rings. The minimum absolute atomic E-state index is 0.329. The van der Waals surface area contributed by atoms with Gasteiger partial charge >= 0.3 is 0 Å². The molecule has 0 aliphatic heterocycles. The van der Waals surface area contributed by atoms with E-state index in [1.54, 1.807) is 17.4 Å². The van der Waals surface area contributed by atoms with Crippen LogP contribution < -0.4 is 11.3 Å². The number of nitrogen functional groups attached to an aromatic ring is 1. The Kier molecular flexibility index (Phi) is 3.57. The molecule has 2 aromatic heterocycles. The van der Waals surface area contributed by atoms with Crippen LogP contribution in [0.5, 0.6) is 0 Å². The molecule has 1 aromatic carbocycles. The molecular weight excluding hydrogens is 287 g/mol. The third-order valence-electron chi connectivity index (χ3n) is 3.29. The van der Waals surface area contributed by atoms with Crippen molar-refractivity contribution in [2.75, 3.05) is 5.43 Å². The van der Waals surface area contributed by atoms with Gasteiger partial charge in [-0.2, -0.15) is 0 Å². The zero-order valence-electron chi connectivity index (χ0n) is 11.8.